The van der Waals surface area contributed by atoms with Crippen molar-refractivity contribution in [3.63, 3.8) is 0 Å². The summed E-state index contributed by atoms with van der Waals surface area (Å²) < 4.78 is 34.6. The average molecular weight is 1030 g/mol. The zero-order valence-electron chi connectivity index (χ0n) is 47.4. The molecule has 0 aliphatic rings. The Hall–Kier alpha value is -2.55. The number of likely N-dealkylation sites (N-methyl/N-ethyl adjacent to an activating group) is 1. The van der Waals surface area contributed by atoms with Crippen molar-refractivity contribution >= 4 is 19.8 Å². The fourth-order valence-corrected chi connectivity index (χ4v) is 8.90. The maximum atomic E-state index is 12.8. The Bertz CT molecular complexity index is 1450. The summed E-state index contributed by atoms with van der Waals surface area (Å²) >= 11 is 0. The number of quaternary nitrogens is 1. The molecule has 2 unspecified atom stereocenters. The van der Waals surface area contributed by atoms with Crippen molar-refractivity contribution in [3.05, 3.63) is 72.9 Å². The molecule has 0 saturated heterocycles. The van der Waals surface area contributed by atoms with Crippen LogP contribution in [0.5, 0.6) is 0 Å². The van der Waals surface area contributed by atoms with Gasteiger partial charge in [-0.05, 0) is 83.5 Å². The molecule has 0 aromatic carbocycles. The van der Waals surface area contributed by atoms with Crippen LogP contribution in [0.25, 0.3) is 0 Å². The lowest BCUT2D eigenvalue weighted by atomic mass is 10.0. The Morgan fingerprint density at radius 1 is 0.444 bits per heavy atom. The number of carbonyl (C=O) groups excluding carboxylic acids is 2. The molecular formula is C62H113NO8P+. The van der Waals surface area contributed by atoms with Crippen LogP contribution in [0, 0.1) is 0 Å². The molecule has 0 fully saturated rings. The number of phosphoric ester groups is 1. The lowest BCUT2D eigenvalue weighted by Gasteiger charge is -2.24. The maximum Gasteiger partial charge on any atom is 0.472 e. The highest BCUT2D eigenvalue weighted by molar-refractivity contribution is 7.47. The van der Waals surface area contributed by atoms with Gasteiger partial charge in [-0.15, -0.1) is 0 Å². The molecule has 1 N–H and O–H groups in total. The monoisotopic (exact) mass is 1030 g/mol. The summed E-state index contributed by atoms with van der Waals surface area (Å²) in [4.78, 5) is 35.7. The van der Waals surface area contributed by atoms with Crippen LogP contribution in [0.15, 0.2) is 72.9 Å². The van der Waals surface area contributed by atoms with Gasteiger partial charge < -0.3 is 18.9 Å². The molecular weight excluding hydrogens is 918 g/mol. The smallest absolute Gasteiger partial charge is 0.462 e. The summed E-state index contributed by atoms with van der Waals surface area (Å²) in [6.45, 7) is 4.32. The van der Waals surface area contributed by atoms with Gasteiger partial charge in [0.2, 0.25) is 0 Å². The molecule has 0 aromatic rings. The molecule has 0 rings (SSSR count). The first kappa shape index (κ1) is 69.5. The first-order valence-electron chi connectivity index (χ1n) is 29.7. The molecule has 0 spiro atoms. The van der Waals surface area contributed by atoms with Crippen LogP contribution in [0.3, 0.4) is 0 Å². The first-order valence-corrected chi connectivity index (χ1v) is 31.2. The molecule has 0 aliphatic heterocycles. The summed E-state index contributed by atoms with van der Waals surface area (Å²) in [5.74, 6) is -0.802. The van der Waals surface area contributed by atoms with Crippen molar-refractivity contribution in [1.82, 2.24) is 0 Å². The highest BCUT2D eigenvalue weighted by atomic mass is 31.2. The zero-order chi connectivity index (χ0) is 52.7. The SMILES string of the molecule is CC/C=C\C/C=C\C/C=C\C/C=C\CCCCCCCCCCC(=O)OC(COC(=O)CCCCCCCCCCCCCCCCC/C=C\C/C=C\CCCCCCC)COP(=O)(O)OCC[N+](C)(C)C. The standard InChI is InChI=1S/C62H112NO8P/c1-6-8-10-12-14-16-18-20-22-24-26-28-29-30-31-32-33-35-36-38-40-42-44-46-48-50-52-54-61(64)68-58-60(59-70-72(66,67)69-57-56-63(3,4)5)71-62(65)55-53-51-49-47-45-43-41-39-37-34-27-25-23-21-19-17-15-13-11-9-7-2/h9,11,15,17-18,20-21,23-24,26-27,34,60H,6-8,10,12-14,16,19,22,25,28-33,35-59H2,1-5H3/p+1/b11-9-,17-15-,20-18-,23-21-,26-24-,34-27-. The Morgan fingerprint density at radius 3 is 1.18 bits per heavy atom. The van der Waals surface area contributed by atoms with Crippen LogP contribution in [0.4, 0.5) is 0 Å². The van der Waals surface area contributed by atoms with E-state index in [4.69, 9.17) is 18.5 Å². The molecule has 0 heterocycles. The second-order valence-electron chi connectivity index (χ2n) is 21.0. The summed E-state index contributed by atoms with van der Waals surface area (Å²) in [6, 6.07) is 0. The van der Waals surface area contributed by atoms with Crippen molar-refractivity contribution in [2.75, 3.05) is 47.5 Å². The molecule has 0 aromatic heterocycles. The van der Waals surface area contributed by atoms with Gasteiger partial charge >= 0.3 is 19.8 Å². The van der Waals surface area contributed by atoms with Crippen LogP contribution < -0.4 is 0 Å². The highest BCUT2D eigenvalue weighted by Crippen LogP contribution is 2.43. The molecule has 418 valence electrons. The fraction of sp³-hybridized carbons (Fsp3) is 0.774. The Balaban J connectivity index is 4.14. The maximum absolute atomic E-state index is 12.8. The lowest BCUT2D eigenvalue weighted by Crippen LogP contribution is -2.37. The third-order valence-corrected chi connectivity index (χ3v) is 13.7. The fourth-order valence-electron chi connectivity index (χ4n) is 8.16. The number of ether oxygens (including phenoxy) is 2. The van der Waals surface area contributed by atoms with E-state index in [0.29, 0.717) is 17.4 Å². The van der Waals surface area contributed by atoms with E-state index in [-0.39, 0.29) is 32.0 Å². The van der Waals surface area contributed by atoms with Gasteiger partial charge in [-0.3, -0.25) is 18.6 Å². The quantitative estimate of drug-likeness (QED) is 0.0211. The van der Waals surface area contributed by atoms with E-state index in [0.717, 1.165) is 77.0 Å². The molecule has 0 radical (unpaired) electrons. The molecule has 2 atom stereocenters. The number of nitrogens with zero attached hydrogens (tertiary/aromatic N) is 1. The second kappa shape index (κ2) is 53.3. The van der Waals surface area contributed by atoms with Crippen LogP contribution >= 0.6 is 7.82 Å². The minimum atomic E-state index is -4.39. The number of hydrogen-bond acceptors (Lipinski definition) is 7. The number of carbonyl (C=O) groups is 2. The lowest BCUT2D eigenvalue weighted by molar-refractivity contribution is -0.870. The summed E-state index contributed by atoms with van der Waals surface area (Å²) in [5.41, 5.74) is 0. The minimum absolute atomic E-state index is 0.0278. The van der Waals surface area contributed by atoms with Crippen LogP contribution in [-0.4, -0.2) is 74.9 Å². The topological polar surface area (TPSA) is 108 Å². The van der Waals surface area contributed by atoms with E-state index < -0.39 is 26.5 Å². The third-order valence-electron chi connectivity index (χ3n) is 12.7. The van der Waals surface area contributed by atoms with Crippen molar-refractivity contribution in [2.24, 2.45) is 0 Å². The van der Waals surface area contributed by atoms with E-state index in [1.807, 2.05) is 21.1 Å². The molecule has 0 saturated carbocycles. The number of esters is 2. The van der Waals surface area contributed by atoms with Gasteiger partial charge in [-0.25, -0.2) is 4.57 Å². The number of phosphoric acid groups is 1. The van der Waals surface area contributed by atoms with Gasteiger partial charge in [0.05, 0.1) is 27.7 Å². The van der Waals surface area contributed by atoms with E-state index in [9.17, 15) is 19.0 Å². The Labute approximate surface area is 444 Å². The zero-order valence-corrected chi connectivity index (χ0v) is 48.3. The number of unbranched alkanes of at least 4 members (excludes halogenated alkanes) is 28. The summed E-state index contributed by atoms with van der Waals surface area (Å²) in [7, 11) is 1.47. The van der Waals surface area contributed by atoms with E-state index in [1.165, 1.54) is 148 Å². The molecule has 0 aliphatic carbocycles. The predicted molar refractivity (Wildman–Crippen MR) is 307 cm³/mol. The van der Waals surface area contributed by atoms with E-state index in [2.05, 4.69) is 86.8 Å². The molecule has 10 heteroatoms. The molecule has 72 heavy (non-hydrogen) atoms. The third kappa shape index (κ3) is 56.7. The minimum Gasteiger partial charge on any atom is -0.462 e. The average Bonchev–Trinajstić information content (AvgIpc) is 3.34. The normalized spacial score (nSPS) is 13.8. The molecule has 0 bridgehead atoms. The van der Waals surface area contributed by atoms with Crippen molar-refractivity contribution in [2.45, 2.75) is 264 Å². The summed E-state index contributed by atoms with van der Waals surface area (Å²) in [5, 5.41) is 0. The van der Waals surface area contributed by atoms with Gasteiger partial charge in [-0.1, -0.05) is 234 Å². The van der Waals surface area contributed by atoms with Gasteiger partial charge in [-0.2, -0.15) is 0 Å². The van der Waals surface area contributed by atoms with Gasteiger partial charge in [0.1, 0.15) is 19.8 Å². The first-order chi connectivity index (χ1) is 35.0. The van der Waals surface area contributed by atoms with E-state index in [1.54, 1.807) is 0 Å². The highest BCUT2D eigenvalue weighted by Gasteiger charge is 2.27. The molecule has 9 nitrogen and oxygen atoms in total. The van der Waals surface area contributed by atoms with Gasteiger partial charge in [0, 0.05) is 12.8 Å². The van der Waals surface area contributed by atoms with Crippen molar-refractivity contribution in [1.29, 1.82) is 0 Å². The Morgan fingerprint density at radius 2 is 0.792 bits per heavy atom. The summed E-state index contributed by atoms with van der Waals surface area (Å²) in [6.07, 6.45) is 69.7. The van der Waals surface area contributed by atoms with Gasteiger partial charge in [0.15, 0.2) is 6.10 Å². The van der Waals surface area contributed by atoms with Crippen molar-refractivity contribution < 1.29 is 42.1 Å². The van der Waals surface area contributed by atoms with E-state index >= 15 is 0 Å². The van der Waals surface area contributed by atoms with Crippen LogP contribution in [0.1, 0.15) is 258 Å². The molecule has 0 amide bonds. The van der Waals surface area contributed by atoms with Gasteiger partial charge in [0.25, 0.3) is 0 Å². The van der Waals surface area contributed by atoms with Crippen LogP contribution in [0.2, 0.25) is 0 Å². The predicted octanol–water partition coefficient (Wildman–Crippen LogP) is 18.5. The number of hydrogen-bond donors (Lipinski definition) is 1. The number of rotatable bonds is 54. The number of allylic oxidation sites excluding steroid dienone is 12. The Kier molecular flexibility index (Phi) is 51.4. The van der Waals surface area contributed by atoms with Crippen LogP contribution in [-0.2, 0) is 32.7 Å². The second-order valence-corrected chi connectivity index (χ2v) is 22.5. The largest absolute Gasteiger partial charge is 0.472 e. The van der Waals surface area contributed by atoms with Crippen molar-refractivity contribution in [3.8, 4) is 0 Å².